The highest BCUT2D eigenvalue weighted by Gasteiger charge is 2.56. The molecule has 20 heavy (non-hydrogen) atoms. The van der Waals surface area contributed by atoms with Gasteiger partial charge in [-0.2, -0.15) is 0 Å². The van der Waals surface area contributed by atoms with Gasteiger partial charge in [0.05, 0.1) is 0 Å². The highest BCUT2D eigenvalue weighted by atomic mass is 19.3. The summed E-state index contributed by atoms with van der Waals surface area (Å²) in [7, 11) is 0. The molecule has 1 aliphatic carbocycles. The monoisotopic (exact) mass is 273 g/mol. The molecule has 104 valence electrons. The highest BCUT2D eigenvalue weighted by Crippen LogP contribution is 2.52. The predicted octanol–water partition coefficient (Wildman–Crippen LogP) is 3.98. The number of hydrogen-bond donors (Lipinski definition) is 1. The Morgan fingerprint density at radius 1 is 0.850 bits per heavy atom. The summed E-state index contributed by atoms with van der Waals surface area (Å²) in [6.45, 7) is 0.271. The summed E-state index contributed by atoms with van der Waals surface area (Å²) in [4.78, 5) is 0. The normalized spacial score (nSPS) is 19.4. The number of rotatable bonds is 3. The van der Waals surface area contributed by atoms with Crippen molar-refractivity contribution in [2.75, 3.05) is 6.54 Å². The molecule has 3 rings (SSSR count). The number of alkyl halides is 2. The summed E-state index contributed by atoms with van der Waals surface area (Å²) in [5, 5.41) is 0. The SMILES string of the molecule is NCC1(c2ccc(-c3ccccc3)cc2)CC(F)(F)C1. The zero-order valence-corrected chi connectivity index (χ0v) is 11.2. The largest absolute Gasteiger partial charge is 0.330 e. The van der Waals surface area contributed by atoms with Crippen LogP contribution in [0.3, 0.4) is 0 Å². The number of nitrogens with two attached hydrogens (primary N) is 1. The lowest BCUT2D eigenvalue weighted by Crippen LogP contribution is -2.53. The first-order valence-corrected chi connectivity index (χ1v) is 6.79. The fourth-order valence-electron chi connectivity index (χ4n) is 3.05. The molecule has 1 aliphatic rings. The van der Waals surface area contributed by atoms with E-state index in [4.69, 9.17) is 5.73 Å². The van der Waals surface area contributed by atoms with Gasteiger partial charge < -0.3 is 5.73 Å². The van der Waals surface area contributed by atoms with Gasteiger partial charge in [-0.25, -0.2) is 8.78 Å². The Morgan fingerprint density at radius 3 is 1.90 bits per heavy atom. The average Bonchev–Trinajstić information content (AvgIpc) is 2.45. The maximum Gasteiger partial charge on any atom is 0.250 e. The summed E-state index contributed by atoms with van der Waals surface area (Å²) in [5.41, 5.74) is 8.33. The lowest BCUT2D eigenvalue weighted by atomic mass is 9.62. The molecule has 2 aromatic carbocycles. The third-order valence-corrected chi connectivity index (χ3v) is 4.19. The van der Waals surface area contributed by atoms with Gasteiger partial charge in [0, 0.05) is 24.8 Å². The molecule has 0 radical (unpaired) electrons. The summed E-state index contributed by atoms with van der Waals surface area (Å²) < 4.78 is 26.4. The second-order valence-corrected chi connectivity index (χ2v) is 5.64. The molecule has 2 N–H and O–H groups in total. The lowest BCUT2D eigenvalue weighted by Gasteiger charge is -2.47. The molecule has 2 aromatic rings. The van der Waals surface area contributed by atoms with Crippen molar-refractivity contribution in [2.24, 2.45) is 5.73 Å². The van der Waals surface area contributed by atoms with Crippen molar-refractivity contribution in [3.8, 4) is 11.1 Å². The van der Waals surface area contributed by atoms with Gasteiger partial charge in [0.15, 0.2) is 0 Å². The fraction of sp³-hybridized carbons (Fsp3) is 0.294. The van der Waals surface area contributed by atoms with Crippen LogP contribution in [0.5, 0.6) is 0 Å². The maximum absolute atomic E-state index is 13.2. The van der Waals surface area contributed by atoms with Gasteiger partial charge in [-0.1, -0.05) is 54.6 Å². The number of halogens is 2. The number of benzene rings is 2. The van der Waals surface area contributed by atoms with Crippen LogP contribution < -0.4 is 5.73 Å². The Kier molecular flexibility index (Phi) is 3.09. The van der Waals surface area contributed by atoms with Crippen LogP contribution in [0.4, 0.5) is 8.78 Å². The minimum atomic E-state index is -2.56. The molecule has 0 spiro atoms. The van der Waals surface area contributed by atoms with E-state index in [1.54, 1.807) is 0 Å². The van der Waals surface area contributed by atoms with Crippen LogP contribution in [0.25, 0.3) is 11.1 Å². The highest BCUT2D eigenvalue weighted by molar-refractivity contribution is 5.63. The molecule has 0 saturated heterocycles. The molecular weight excluding hydrogens is 256 g/mol. The molecule has 3 heteroatoms. The molecule has 0 amide bonds. The van der Waals surface area contributed by atoms with Crippen LogP contribution in [0, 0.1) is 0 Å². The van der Waals surface area contributed by atoms with E-state index in [-0.39, 0.29) is 19.4 Å². The van der Waals surface area contributed by atoms with E-state index in [1.807, 2.05) is 54.6 Å². The molecule has 0 heterocycles. The van der Waals surface area contributed by atoms with Crippen LogP contribution in [0.15, 0.2) is 54.6 Å². The van der Waals surface area contributed by atoms with Crippen molar-refractivity contribution in [1.82, 2.24) is 0 Å². The molecule has 0 bridgehead atoms. The van der Waals surface area contributed by atoms with Gasteiger partial charge in [0.1, 0.15) is 0 Å². The molecule has 1 saturated carbocycles. The zero-order valence-electron chi connectivity index (χ0n) is 11.2. The second-order valence-electron chi connectivity index (χ2n) is 5.64. The van der Waals surface area contributed by atoms with Crippen LogP contribution >= 0.6 is 0 Å². The van der Waals surface area contributed by atoms with E-state index in [1.165, 1.54) is 0 Å². The molecule has 0 aliphatic heterocycles. The second kappa shape index (κ2) is 4.67. The van der Waals surface area contributed by atoms with Crippen molar-refractivity contribution in [3.63, 3.8) is 0 Å². The first kappa shape index (κ1) is 13.3. The third-order valence-electron chi connectivity index (χ3n) is 4.19. The standard InChI is InChI=1S/C17H17F2N/c18-17(19)10-16(11-17,12-20)15-8-6-14(7-9-15)13-4-2-1-3-5-13/h1-9H,10-12,20H2. The Bertz CT molecular complexity index is 582. The van der Waals surface area contributed by atoms with Crippen molar-refractivity contribution in [2.45, 2.75) is 24.2 Å². The molecular formula is C17H17F2N. The molecule has 0 unspecified atom stereocenters. The smallest absolute Gasteiger partial charge is 0.250 e. The predicted molar refractivity (Wildman–Crippen MR) is 76.8 cm³/mol. The zero-order chi connectivity index (χ0) is 14.2. The Balaban J connectivity index is 1.87. The van der Waals surface area contributed by atoms with Gasteiger partial charge in [0.25, 0.3) is 0 Å². The van der Waals surface area contributed by atoms with Crippen molar-refractivity contribution in [1.29, 1.82) is 0 Å². The molecule has 0 atom stereocenters. The quantitative estimate of drug-likeness (QED) is 0.899. The Morgan fingerprint density at radius 2 is 1.40 bits per heavy atom. The van der Waals surface area contributed by atoms with Crippen molar-refractivity contribution < 1.29 is 8.78 Å². The van der Waals surface area contributed by atoms with Crippen LogP contribution in [0.1, 0.15) is 18.4 Å². The van der Waals surface area contributed by atoms with Gasteiger partial charge in [-0.3, -0.25) is 0 Å². The summed E-state index contributed by atoms with van der Waals surface area (Å²) in [6.07, 6.45) is -0.275. The van der Waals surface area contributed by atoms with E-state index in [9.17, 15) is 8.78 Å². The average molecular weight is 273 g/mol. The van der Waals surface area contributed by atoms with Gasteiger partial charge in [-0.05, 0) is 16.7 Å². The molecule has 1 fully saturated rings. The molecule has 0 aromatic heterocycles. The van der Waals surface area contributed by atoms with Gasteiger partial charge >= 0.3 is 0 Å². The van der Waals surface area contributed by atoms with Crippen LogP contribution in [0.2, 0.25) is 0 Å². The summed E-state index contributed by atoms with van der Waals surface area (Å²) in [6, 6.07) is 17.8. The van der Waals surface area contributed by atoms with Crippen molar-refractivity contribution in [3.05, 3.63) is 60.2 Å². The van der Waals surface area contributed by atoms with Crippen LogP contribution in [-0.4, -0.2) is 12.5 Å². The van der Waals surface area contributed by atoms with Crippen LogP contribution in [-0.2, 0) is 5.41 Å². The number of hydrogen-bond acceptors (Lipinski definition) is 1. The first-order valence-electron chi connectivity index (χ1n) is 6.79. The lowest BCUT2D eigenvalue weighted by molar-refractivity contribution is -0.123. The van der Waals surface area contributed by atoms with Gasteiger partial charge in [-0.15, -0.1) is 0 Å². The maximum atomic E-state index is 13.2. The van der Waals surface area contributed by atoms with E-state index >= 15 is 0 Å². The Labute approximate surface area is 117 Å². The van der Waals surface area contributed by atoms with E-state index < -0.39 is 11.3 Å². The van der Waals surface area contributed by atoms with Gasteiger partial charge in [0.2, 0.25) is 5.92 Å². The van der Waals surface area contributed by atoms with E-state index in [0.29, 0.717) is 0 Å². The molecule has 1 nitrogen and oxygen atoms in total. The minimum Gasteiger partial charge on any atom is -0.330 e. The van der Waals surface area contributed by atoms with Crippen molar-refractivity contribution >= 4 is 0 Å². The third kappa shape index (κ3) is 2.22. The summed E-state index contributed by atoms with van der Waals surface area (Å²) >= 11 is 0. The van der Waals surface area contributed by atoms with E-state index in [2.05, 4.69) is 0 Å². The summed E-state index contributed by atoms with van der Waals surface area (Å²) in [5.74, 6) is -2.56. The first-order chi connectivity index (χ1) is 9.55. The Hall–Kier alpha value is -1.74. The minimum absolute atomic E-state index is 0.138. The fourth-order valence-corrected chi connectivity index (χ4v) is 3.05. The topological polar surface area (TPSA) is 26.0 Å². The van der Waals surface area contributed by atoms with E-state index in [0.717, 1.165) is 16.7 Å².